The zero-order valence-corrected chi connectivity index (χ0v) is 18.5. The van der Waals surface area contributed by atoms with Crippen LogP contribution in [0, 0.1) is 24.2 Å². The van der Waals surface area contributed by atoms with E-state index in [1.165, 1.54) is 24.3 Å². The molecule has 9 heteroatoms. The van der Waals surface area contributed by atoms with Gasteiger partial charge in [0.2, 0.25) is 5.91 Å². The van der Waals surface area contributed by atoms with E-state index in [1.807, 2.05) is 31.2 Å². The van der Waals surface area contributed by atoms with Crippen molar-refractivity contribution in [2.24, 2.45) is 5.92 Å². The number of hydrogen-bond acceptors (Lipinski definition) is 3. The van der Waals surface area contributed by atoms with E-state index in [-0.39, 0.29) is 24.4 Å². The third-order valence-corrected chi connectivity index (χ3v) is 5.10. The molecule has 2 atom stereocenters. The Morgan fingerprint density at radius 2 is 1.48 bits per heavy atom. The molecule has 1 amide bonds. The predicted molar refractivity (Wildman–Crippen MR) is 115 cm³/mol. The molecule has 178 valence electrons. The quantitative estimate of drug-likeness (QED) is 0.376. The summed E-state index contributed by atoms with van der Waals surface area (Å²) in [6, 6.07) is 10.5. The molecule has 2 rings (SSSR count). The van der Waals surface area contributed by atoms with Crippen LogP contribution in [0.1, 0.15) is 37.4 Å². The van der Waals surface area contributed by atoms with Gasteiger partial charge in [-0.3, -0.25) is 10.1 Å². The van der Waals surface area contributed by atoms with Crippen molar-refractivity contribution in [3.8, 4) is 17.2 Å². The number of halogens is 5. The monoisotopic (exact) mass is 467 g/mol. The van der Waals surface area contributed by atoms with Crippen LogP contribution in [0.15, 0.2) is 48.5 Å². The first-order valence-electron chi connectivity index (χ1n) is 10.4. The number of nitrogens with zero attached hydrogens (tertiary/aromatic N) is 1. The smallest absolute Gasteiger partial charge is 0.342 e. The lowest BCUT2D eigenvalue weighted by Gasteiger charge is -2.33. The SMILES string of the molecule is Cc1ccc(-c2ccc([C@H](N[C@@H](CC(C)C)C(=O)NCC#N)C(F)(F)C(F)(F)F)cc2)cc1. The fourth-order valence-electron chi connectivity index (χ4n) is 3.36. The number of amides is 1. The Hall–Kier alpha value is -2.99. The highest BCUT2D eigenvalue weighted by atomic mass is 19.4. The topological polar surface area (TPSA) is 64.9 Å². The van der Waals surface area contributed by atoms with Crippen LogP contribution < -0.4 is 10.6 Å². The van der Waals surface area contributed by atoms with Gasteiger partial charge in [0.05, 0.1) is 12.1 Å². The average molecular weight is 467 g/mol. The second-order valence-electron chi connectivity index (χ2n) is 8.27. The molecule has 4 nitrogen and oxygen atoms in total. The van der Waals surface area contributed by atoms with Crippen LogP contribution in [0.4, 0.5) is 22.0 Å². The van der Waals surface area contributed by atoms with Gasteiger partial charge in [-0.05, 0) is 36.0 Å². The molecule has 0 heterocycles. The molecule has 0 saturated carbocycles. The Morgan fingerprint density at radius 3 is 1.94 bits per heavy atom. The van der Waals surface area contributed by atoms with Gasteiger partial charge in [-0.2, -0.15) is 27.2 Å². The van der Waals surface area contributed by atoms with Crippen LogP contribution in [0.2, 0.25) is 0 Å². The zero-order valence-electron chi connectivity index (χ0n) is 18.5. The molecule has 0 aliphatic rings. The molecule has 2 aromatic carbocycles. The first-order valence-corrected chi connectivity index (χ1v) is 10.4. The lowest BCUT2D eigenvalue weighted by atomic mass is 9.94. The first-order chi connectivity index (χ1) is 15.4. The summed E-state index contributed by atoms with van der Waals surface area (Å²) in [5.74, 6) is -6.15. The third kappa shape index (κ3) is 6.75. The molecule has 0 aromatic heterocycles. The highest BCUT2D eigenvalue weighted by molar-refractivity contribution is 5.82. The second-order valence-corrected chi connectivity index (χ2v) is 8.27. The van der Waals surface area contributed by atoms with E-state index in [2.05, 4.69) is 10.6 Å². The summed E-state index contributed by atoms with van der Waals surface area (Å²) in [5.41, 5.74) is 2.15. The van der Waals surface area contributed by atoms with Crippen molar-refractivity contribution in [2.75, 3.05) is 6.54 Å². The van der Waals surface area contributed by atoms with Gasteiger partial charge in [-0.1, -0.05) is 67.9 Å². The lowest BCUT2D eigenvalue weighted by Crippen LogP contribution is -2.54. The molecule has 0 fully saturated rings. The number of alkyl halides is 5. The van der Waals surface area contributed by atoms with Crippen molar-refractivity contribution >= 4 is 5.91 Å². The molecule has 2 N–H and O–H groups in total. The van der Waals surface area contributed by atoms with E-state index < -0.39 is 30.1 Å². The van der Waals surface area contributed by atoms with Crippen molar-refractivity contribution in [1.82, 2.24) is 10.6 Å². The normalized spacial score (nSPS) is 13.9. The van der Waals surface area contributed by atoms with Gasteiger partial charge in [0.15, 0.2) is 0 Å². The number of benzene rings is 2. The van der Waals surface area contributed by atoms with Crippen molar-refractivity contribution < 1.29 is 26.7 Å². The Kier molecular flexibility index (Phi) is 8.56. The molecule has 0 spiro atoms. The minimum atomic E-state index is -5.84. The first kappa shape index (κ1) is 26.3. The van der Waals surface area contributed by atoms with Crippen LogP contribution in [0.25, 0.3) is 11.1 Å². The van der Waals surface area contributed by atoms with Gasteiger partial charge in [0.1, 0.15) is 12.6 Å². The molecule has 0 bridgehead atoms. The summed E-state index contributed by atoms with van der Waals surface area (Å²) in [4.78, 5) is 12.4. The minimum Gasteiger partial charge on any atom is -0.342 e. The number of nitriles is 1. The fraction of sp³-hybridized carbons (Fsp3) is 0.417. The number of hydrogen-bond donors (Lipinski definition) is 2. The van der Waals surface area contributed by atoms with E-state index in [9.17, 15) is 26.7 Å². The summed E-state index contributed by atoms with van der Waals surface area (Å²) in [5, 5.41) is 13.1. The van der Waals surface area contributed by atoms with Crippen molar-refractivity contribution in [3.05, 3.63) is 59.7 Å². The lowest BCUT2D eigenvalue weighted by molar-refractivity contribution is -0.295. The Labute approximate surface area is 189 Å². The highest BCUT2D eigenvalue weighted by Crippen LogP contribution is 2.45. The summed E-state index contributed by atoms with van der Waals surface area (Å²) >= 11 is 0. The second kappa shape index (κ2) is 10.8. The molecular formula is C24H26F5N3O. The maximum Gasteiger partial charge on any atom is 0.455 e. The summed E-state index contributed by atoms with van der Waals surface area (Å²) in [7, 11) is 0. The minimum absolute atomic E-state index is 0.00312. The van der Waals surface area contributed by atoms with Gasteiger partial charge in [-0.25, -0.2) is 0 Å². The van der Waals surface area contributed by atoms with Crippen LogP contribution in [-0.4, -0.2) is 30.6 Å². The molecule has 0 saturated heterocycles. The molecule has 0 unspecified atom stereocenters. The van der Waals surface area contributed by atoms with Crippen LogP contribution in [0.5, 0.6) is 0 Å². The summed E-state index contributed by atoms with van der Waals surface area (Å²) in [6.07, 6.45) is -5.84. The molecule has 0 aliphatic heterocycles. The molecule has 0 aliphatic carbocycles. The predicted octanol–water partition coefficient (Wildman–Crippen LogP) is 5.54. The van der Waals surface area contributed by atoms with Crippen molar-refractivity contribution in [2.45, 2.75) is 51.4 Å². The number of aryl methyl sites for hydroxylation is 1. The van der Waals surface area contributed by atoms with Gasteiger partial charge in [0.25, 0.3) is 0 Å². The van der Waals surface area contributed by atoms with E-state index in [4.69, 9.17) is 5.26 Å². The van der Waals surface area contributed by atoms with Gasteiger partial charge < -0.3 is 5.32 Å². The van der Waals surface area contributed by atoms with Gasteiger partial charge in [0, 0.05) is 0 Å². The molecular weight excluding hydrogens is 441 g/mol. The van der Waals surface area contributed by atoms with Crippen LogP contribution in [-0.2, 0) is 4.79 Å². The molecule has 33 heavy (non-hydrogen) atoms. The Bertz CT molecular complexity index is 964. The highest BCUT2D eigenvalue weighted by Gasteiger charge is 2.63. The Morgan fingerprint density at radius 1 is 0.970 bits per heavy atom. The maximum atomic E-state index is 14.6. The number of rotatable bonds is 9. The van der Waals surface area contributed by atoms with Crippen LogP contribution in [0.3, 0.4) is 0 Å². The van der Waals surface area contributed by atoms with Gasteiger partial charge >= 0.3 is 12.1 Å². The zero-order chi connectivity index (χ0) is 24.8. The fourth-order valence-corrected chi connectivity index (χ4v) is 3.36. The standard InChI is InChI=1S/C24H26F5N3O/c1-15(2)14-20(22(33)31-13-12-30)32-21(23(25,26)24(27,28)29)19-10-8-18(9-11-19)17-6-4-16(3)5-7-17/h4-11,15,20-21,32H,13-14H2,1-3H3,(H,31,33)/t20-,21-/m0/s1. The average Bonchev–Trinajstić information content (AvgIpc) is 2.74. The summed E-state index contributed by atoms with van der Waals surface area (Å²) < 4.78 is 69.2. The van der Waals surface area contributed by atoms with Crippen molar-refractivity contribution in [3.63, 3.8) is 0 Å². The van der Waals surface area contributed by atoms with E-state index in [1.54, 1.807) is 19.9 Å². The largest absolute Gasteiger partial charge is 0.455 e. The maximum absolute atomic E-state index is 14.6. The van der Waals surface area contributed by atoms with Crippen molar-refractivity contribution in [1.29, 1.82) is 5.26 Å². The molecule has 2 aromatic rings. The third-order valence-electron chi connectivity index (χ3n) is 5.10. The summed E-state index contributed by atoms with van der Waals surface area (Å²) in [6.45, 7) is 4.93. The molecule has 0 radical (unpaired) electrons. The number of carbonyl (C=O) groups excluding carboxylic acids is 1. The van der Waals surface area contributed by atoms with Crippen LogP contribution >= 0.6 is 0 Å². The Balaban J connectivity index is 2.44. The van der Waals surface area contributed by atoms with E-state index >= 15 is 0 Å². The number of nitrogens with one attached hydrogen (secondary N) is 2. The van der Waals surface area contributed by atoms with Gasteiger partial charge in [-0.15, -0.1) is 0 Å². The van der Waals surface area contributed by atoms with E-state index in [0.29, 0.717) is 5.56 Å². The van der Waals surface area contributed by atoms with E-state index in [0.717, 1.165) is 11.1 Å². The number of carbonyl (C=O) groups is 1.